The fourth-order valence-corrected chi connectivity index (χ4v) is 8.19. The van der Waals surface area contributed by atoms with Crippen LogP contribution in [0.5, 0.6) is 0 Å². The molecule has 4 unspecified atom stereocenters. The molecule has 2 aliphatic carbocycles. The number of fused-ring (bicyclic) bond motifs is 2. The molecule has 2 fully saturated rings. The van der Waals surface area contributed by atoms with E-state index in [0.29, 0.717) is 11.3 Å². The van der Waals surface area contributed by atoms with Crippen LogP contribution in [0.3, 0.4) is 0 Å². The maximum absolute atomic E-state index is 12.8. The summed E-state index contributed by atoms with van der Waals surface area (Å²) in [5.74, 6) is 1.50. The highest BCUT2D eigenvalue weighted by molar-refractivity contribution is 9.10. The van der Waals surface area contributed by atoms with E-state index in [4.69, 9.17) is 5.73 Å². The summed E-state index contributed by atoms with van der Waals surface area (Å²) in [4.78, 5) is 14.8. The molecule has 0 bridgehead atoms. The van der Waals surface area contributed by atoms with Crippen LogP contribution in [0.2, 0.25) is 0 Å². The van der Waals surface area contributed by atoms with Crippen LogP contribution in [0, 0.1) is 22.7 Å². The molecule has 5 nitrogen and oxygen atoms in total. The zero-order chi connectivity index (χ0) is 33.5. The largest absolute Gasteiger partial charge is 0.331 e. The second-order valence-corrected chi connectivity index (χ2v) is 18.0. The summed E-state index contributed by atoms with van der Waals surface area (Å²) in [6, 6.07) is 13.5. The van der Waals surface area contributed by atoms with Gasteiger partial charge in [0.05, 0.1) is 6.04 Å². The maximum atomic E-state index is 12.8. The number of nitrogens with one attached hydrogen (secondary N) is 2. The number of nitrogens with two attached hydrogens (primary N) is 1. The number of benzene rings is 2. The highest BCUT2D eigenvalue weighted by atomic mass is 79.9. The molecule has 0 aromatic heterocycles. The van der Waals surface area contributed by atoms with Crippen molar-refractivity contribution < 1.29 is 4.79 Å². The number of aryl methyl sites for hydroxylation is 2. The van der Waals surface area contributed by atoms with Crippen molar-refractivity contribution in [2.24, 2.45) is 28.4 Å². The quantitative estimate of drug-likeness (QED) is 0.252. The molecule has 0 saturated carbocycles. The molecule has 2 aliphatic heterocycles. The van der Waals surface area contributed by atoms with E-state index < -0.39 is 0 Å². The molecule has 4 atom stereocenters. The van der Waals surface area contributed by atoms with Crippen molar-refractivity contribution in [1.82, 2.24) is 15.5 Å². The third-order valence-electron chi connectivity index (χ3n) is 10.7. The summed E-state index contributed by atoms with van der Waals surface area (Å²) in [5, 5.41) is 6.70. The lowest BCUT2D eigenvalue weighted by atomic mass is 9.80. The number of likely N-dealkylation sites (tertiary alicyclic amines) is 1. The van der Waals surface area contributed by atoms with E-state index in [1.54, 1.807) is 0 Å². The summed E-state index contributed by atoms with van der Waals surface area (Å²) in [6.07, 6.45) is 11.8. The third kappa shape index (κ3) is 12.0. The molecule has 2 amide bonds. The van der Waals surface area contributed by atoms with Gasteiger partial charge in [-0.05, 0) is 134 Å². The first-order valence-corrected chi connectivity index (χ1v) is 19.4. The van der Waals surface area contributed by atoms with Crippen LogP contribution < -0.4 is 16.4 Å². The van der Waals surface area contributed by atoms with Gasteiger partial charge in [-0.3, -0.25) is 0 Å². The van der Waals surface area contributed by atoms with Crippen LogP contribution in [0.1, 0.15) is 127 Å². The van der Waals surface area contributed by atoms with E-state index in [1.807, 2.05) is 4.90 Å². The number of hydrogen-bond acceptors (Lipinski definition) is 3. The van der Waals surface area contributed by atoms with Gasteiger partial charge in [-0.2, -0.15) is 0 Å². The minimum Gasteiger partial charge on any atom is -0.331 e. The topological polar surface area (TPSA) is 70.4 Å². The Morgan fingerprint density at radius 3 is 1.91 bits per heavy atom. The summed E-state index contributed by atoms with van der Waals surface area (Å²) in [5.41, 5.74) is 12.3. The Balaban J connectivity index is 0.000000218. The van der Waals surface area contributed by atoms with Gasteiger partial charge >= 0.3 is 6.03 Å². The lowest BCUT2D eigenvalue weighted by Crippen LogP contribution is -2.41. The maximum Gasteiger partial charge on any atom is 0.317 e. The van der Waals surface area contributed by atoms with Crippen LogP contribution >= 0.6 is 44.3 Å². The summed E-state index contributed by atoms with van der Waals surface area (Å²) >= 11 is 7.07. The number of amides is 2. The number of carbonyl (C=O) groups is 1. The van der Waals surface area contributed by atoms with Gasteiger partial charge in [0.1, 0.15) is 0 Å². The number of halogens is 3. The lowest BCUT2D eigenvalue weighted by molar-refractivity contribution is 0.192. The fraction of sp³-hybridized carbons (Fsp3) is 0.667. The monoisotopic (exact) mass is 794 g/mol. The van der Waals surface area contributed by atoms with E-state index in [-0.39, 0.29) is 35.9 Å². The first-order chi connectivity index (χ1) is 21.7. The van der Waals surface area contributed by atoms with Gasteiger partial charge in [0, 0.05) is 28.1 Å². The number of rotatable bonds is 1. The summed E-state index contributed by atoms with van der Waals surface area (Å²) in [7, 11) is 0. The molecule has 8 heteroatoms. The van der Waals surface area contributed by atoms with Gasteiger partial charge in [0.2, 0.25) is 0 Å². The normalized spacial score (nSPS) is 24.1. The van der Waals surface area contributed by atoms with Gasteiger partial charge in [-0.25, -0.2) is 4.79 Å². The van der Waals surface area contributed by atoms with Gasteiger partial charge in [-0.15, -0.1) is 12.4 Å². The van der Waals surface area contributed by atoms with E-state index >= 15 is 0 Å². The second-order valence-electron chi connectivity index (χ2n) is 16.1. The minimum atomic E-state index is 0. The SMILES string of the molecule is CC(C)(C)C1CCN(C(=O)NC2CCCCc3cc(Br)ccc32)C1.CC(C)(C)C1CCNC1.Cl.NC1CCCCc2cc(Br)ccc21. The minimum absolute atomic E-state index is 0. The average molecular weight is 797 g/mol. The van der Waals surface area contributed by atoms with E-state index in [2.05, 4.69) is 120 Å². The van der Waals surface area contributed by atoms with Crippen LogP contribution in [0.15, 0.2) is 45.3 Å². The Hall–Kier alpha value is -1.12. The Labute approximate surface area is 309 Å². The Morgan fingerprint density at radius 2 is 1.38 bits per heavy atom. The molecular formula is C39H61Br2ClN4O. The first kappa shape index (κ1) is 40.3. The van der Waals surface area contributed by atoms with Crippen molar-refractivity contribution in [3.8, 4) is 0 Å². The van der Waals surface area contributed by atoms with Gasteiger partial charge in [-0.1, -0.05) is 98.4 Å². The third-order valence-corrected chi connectivity index (χ3v) is 11.7. The molecule has 2 aromatic rings. The van der Waals surface area contributed by atoms with Crippen LogP contribution in [0.25, 0.3) is 0 Å². The Kier molecular flexibility index (Phi) is 15.6. The number of urea groups is 1. The first-order valence-electron chi connectivity index (χ1n) is 17.8. The molecular weight excluding hydrogens is 736 g/mol. The molecule has 2 heterocycles. The van der Waals surface area contributed by atoms with Crippen molar-refractivity contribution in [2.75, 3.05) is 26.2 Å². The predicted octanol–water partition coefficient (Wildman–Crippen LogP) is 10.5. The van der Waals surface area contributed by atoms with Crippen molar-refractivity contribution in [1.29, 1.82) is 0 Å². The van der Waals surface area contributed by atoms with E-state index in [1.165, 1.54) is 78.3 Å². The van der Waals surface area contributed by atoms with Crippen LogP contribution in [0.4, 0.5) is 4.79 Å². The standard InChI is InChI=1S/C20H29BrN2O.C11H14BrN.C8H17N.ClH/c1-20(2,3)15-10-11-23(13-15)19(24)22-18-7-5-4-6-14-12-16(21)8-9-17(14)18;12-9-5-6-10-8(7-9)3-1-2-4-11(10)13;1-8(2,3)7-4-5-9-6-7;/h8-9,12,15,18H,4-7,10-11,13H2,1-3H3,(H,22,24);5-7,11H,1-4,13H2;7,9H,4-6H2,1-3H3;1H. The molecule has 0 spiro atoms. The highest BCUT2D eigenvalue weighted by Gasteiger charge is 2.34. The summed E-state index contributed by atoms with van der Waals surface area (Å²) in [6.45, 7) is 18.0. The van der Waals surface area contributed by atoms with Crippen LogP contribution in [-0.2, 0) is 12.8 Å². The molecule has 2 saturated heterocycles. The Morgan fingerprint density at radius 1 is 0.809 bits per heavy atom. The zero-order valence-corrected chi connectivity index (χ0v) is 33.8. The van der Waals surface area contributed by atoms with Crippen molar-refractivity contribution >= 4 is 50.3 Å². The molecule has 47 heavy (non-hydrogen) atoms. The van der Waals surface area contributed by atoms with Gasteiger partial charge in [0.15, 0.2) is 0 Å². The van der Waals surface area contributed by atoms with E-state index in [0.717, 1.165) is 49.2 Å². The highest BCUT2D eigenvalue weighted by Crippen LogP contribution is 2.35. The molecule has 2 aromatic carbocycles. The lowest BCUT2D eigenvalue weighted by Gasteiger charge is -2.28. The number of carbonyl (C=O) groups excluding carboxylic acids is 1. The molecule has 6 rings (SSSR count). The van der Waals surface area contributed by atoms with Crippen molar-refractivity contribution in [2.45, 2.75) is 118 Å². The second kappa shape index (κ2) is 18.2. The van der Waals surface area contributed by atoms with E-state index in [9.17, 15) is 4.79 Å². The van der Waals surface area contributed by atoms with Crippen molar-refractivity contribution in [3.63, 3.8) is 0 Å². The Bertz CT molecular complexity index is 1280. The predicted molar refractivity (Wildman–Crippen MR) is 208 cm³/mol. The zero-order valence-electron chi connectivity index (χ0n) is 29.8. The van der Waals surface area contributed by atoms with Crippen molar-refractivity contribution in [3.05, 3.63) is 67.6 Å². The number of hydrogen-bond donors (Lipinski definition) is 3. The van der Waals surface area contributed by atoms with Gasteiger partial charge < -0.3 is 21.3 Å². The smallest absolute Gasteiger partial charge is 0.317 e. The number of nitrogens with zero attached hydrogens (tertiary/aromatic N) is 1. The molecule has 264 valence electrons. The molecule has 0 radical (unpaired) electrons. The van der Waals surface area contributed by atoms with Gasteiger partial charge in [0.25, 0.3) is 0 Å². The molecule has 4 aliphatic rings. The molecule has 4 N–H and O–H groups in total. The fourth-order valence-electron chi connectivity index (χ4n) is 7.37. The average Bonchev–Trinajstić information content (AvgIpc) is 3.65. The summed E-state index contributed by atoms with van der Waals surface area (Å²) < 4.78 is 2.29. The van der Waals surface area contributed by atoms with Crippen LogP contribution in [-0.4, -0.2) is 37.1 Å².